The summed E-state index contributed by atoms with van der Waals surface area (Å²) in [5.74, 6) is 0. The fourth-order valence-corrected chi connectivity index (χ4v) is 2.85. The summed E-state index contributed by atoms with van der Waals surface area (Å²) in [5, 5.41) is 5.17. The molecule has 0 spiro atoms. The number of rotatable bonds is 2. The third kappa shape index (κ3) is 2.36. The van der Waals surface area contributed by atoms with Crippen molar-refractivity contribution in [3.05, 3.63) is 58.6 Å². The Bertz CT molecular complexity index is 811. The highest BCUT2D eigenvalue weighted by atomic mass is 35.5. The van der Waals surface area contributed by atoms with Gasteiger partial charge in [0.25, 0.3) is 0 Å². The highest BCUT2D eigenvalue weighted by Gasteiger charge is 2.13. The lowest BCUT2D eigenvalue weighted by molar-refractivity contribution is 1.31. The topological polar surface area (TPSA) is 24.9 Å². The van der Waals surface area contributed by atoms with Gasteiger partial charge in [-0.25, -0.2) is 4.98 Å². The van der Waals surface area contributed by atoms with Crippen LogP contribution in [0.2, 0.25) is 5.02 Å². The van der Waals surface area contributed by atoms with E-state index in [4.69, 9.17) is 16.6 Å². The number of aryl methyl sites for hydroxylation is 1. The number of benzene rings is 2. The largest absolute Gasteiger partial charge is 0.387 e. The fourth-order valence-electron chi connectivity index (χ4n) is 2.69. The SMILES string of the molecule is CNc1c(C)c(-c2ccccc2)nc2cc(Cl)c(C)cc12. The van der Waals surface area contributed by atoms with Crippen molar-refractivity contribution in [3.8, 4) is 11.3 Å². The molecule has 0 atom stereocenters. The number of fused-ring (bicyclic) bond motifs is 1. The van der Waals surface area contributed by atoms with E-state index >= 15 is 0 Å². The van der Waals surface area contributed by atoms with Crippen molar-refractivity contribution in [2.24, 2.45) is 0 Å². The normalized spacial score (nSPS) is 10.9. The van der Waals surface area contributed by atoms with E-state index in [2.05, 4.69) is 30.4 Å². The van der Waals surface area contributed by atoms with Crippen molar-refractivity contribution in [1.82, 2.24) is 4.98 Å². The minimum absolute atomic E-state index is 0.750. The third-order valence-corrected chi connectivity index (χ3v) is 4.21. The second kappa shape index (κ2) is 5.38. The van der Waals surface area contributed by atoms with Gasteiger partial charge in [-0.2, -0.15) is 0 Å². The van der Waals surface area contributed by atoms with Crippen LogP contribution in [0.1, 0.15) is 11.1 Å². The van der Waals surface area contributed by atoms with Gasteiger partial charge in [0.2, 0.25) is 0 Å². The van der Waals surface area contributed by atoms with Gasteiger partial charge >= 0.3 is 0 Å². The second-order valence-corrected chi connectivity index (χ2v) is 5.60. The van der Waals surface area contributed by atoms with Crippen molar-refractivity contribution < 1.29 is 0 Å². The number of pyridine rings is 1. The van der Waals surface area contributed by atoms with Crippen LogP contribution in [-0.4, -0.2) is 12.0 Å². The zero-order valence-corrected chi connectivity index (χ0v) is 13.1. The minimum Gasteiger partial charge on any atom is -0.387 e. The van der Waals surface area contributed by atoms with E-state index < -0.39 is 0 Å². The first-order valence-corrected chi connectivity index (χ1v) is 7.33. The molecule has 2 aromatic carbocycles. The summed E-state index contributed by atoms with van der Waals surface area (Å²) < 4.78 is 0. The monoisotopic (exact) mass is 296 g/mol. The highest BCUT2D eigenvalue weighted by Crippen LogP contribution is 2.35. The number of anilines is 1. The summed E-state index contributed by atoms with van der Waals surface area (Å²) >= 11 is 6.26. The zero-order chi connectivity index (χ0) is 15.0. The molecule has 3 heteroatoms. The molecule has 1 N–H and O–H groups in total. The second-order valence-electron chi connectivity index (χ2n) is 5.19. The van der Waals surface area contributed by atoms with Crippen LogP contribution in [0.15, 0.2) is 42.5 Å². The molecular weight excluding hydrogens is 280 g/mol. The number of nitrogens with zero attached hydrogens (tertiary/aromatic N) is 1. The number of hydrogen-bond donors (Lipinski definition) is 1. The predicted molar refractivity (Wildman–Crippen MR) is 91.2 cm³/mol. The van der Waals surface area contributed by atoms with Crippen LogP contribution in [0, 0.1) is 13.8 Å². The number of hydrogen-bond acceptors (Lipinski definition) is 2. The quantitative estimate of drug-likeness (QED) is 0.702. The van der Waals surface area contributed by atoms with Crippen LogP contribution in [0.5, 0.6) is 0 Å². The molecule has 21 heavy (non-hydrogen) atoms. The maximum absolute atomic E-state index is 6.26. The lowest BCUT2D eigenvalue weighted by atomic mass is 10.0. The van der Waals surface area contributed by atoms with Gasteiger partial charge in [0.05, 0.1) is 11.2 Å². The average molecular weight is 297 g/mol. The van der Waals surface area contributed by atoms with Crippen LogP contribution in [0.3, 0.4) is 0 Å². The lowest BCUT2D eigenvalue weighted by Gasteiger charge is -2.15. The summed E-state index contributed by atoms with van der Waals surface area (Å²) in [7, 11) is 1.94. The maximum Gasteiger partial charge on any atom is 0.0759 e. The molecule has 0 unspecified atom stereocenters. The Morgan fingerprint density at radius 1 is 1.05 bits per heavy atom. The molecule has 1 aromatic heterocycles. The Morgan fingerprint density at radius 2 is 1.76 bits per heavy atom. The Balaban J connectivity index is 2.38. The molecule has 0 saturated heterocycles. The molecule has 106 valence electrons. The smallest absolute Gasteiger partial charge is 0.0759 e. The summed E-state index contributed by atoms with van der Waals surface area (Å²) in [6.45, 7) is 4.12. The molecule has 0 fully saturated rings. The van der Waals surface area contributed by atoms with Crippen LogP contribution in [-0.2, 0) is 0 Å². The maximum atomic E-state index is 6.26. The van der Waals surface area contributed by atoms with Gasteiger partial charge in [0.1, 0.15) is 0 Å². The van der Waals surface area contributed by atoms with Gasteiger partial charge in [-0.1, -0.05) is 41.9 Å². The molecule has 3 aromatic rings. The highest BCUT2D eigenvalue weighted by molar-refractivity contribution is 6.32. The van der Waals surface area contributed by atoms with Crippen molar-refractivity contribution in [2.45, 2.75) is 13.8 Å². The van der Waals surface area contributed by atoms with Gasteiger partial charge in [-0.05, 0) is 37.1 Å². The van der Waals surface area contributed by atoms with Crippen LogP contribution in [0.25, 0.3) is 22.2 Å². The van der Waals surface area contributed by atoms with E-state index in [1.165, 1.54) is 0 Å². The van der Waals surface area contributed by atoms with Crippen molar-refractivity contribution >= 4 is 28.2 Å². The van der Waals surface area contributed by atoms with Gasteiger partial charge in [-0.15, -0.1) is 0 Å². The molecule has 0 amide bonds. The molecule has 2 nitrogen and oxygen atoms in total. The predicted octanol–water partition coefficient (Wildman–Crippen LogP) is 5.21. The van der Waals surface area contributed by atoms with Crippen molar-refractivity contribution in [2.75, 3.05) is 12.4 Å². The number of aromatic nitrogens is 1. The first-order chi connectivity index (χ1) is 10.1. The van der Waals surface area contributed by atoms with Crippen LogP contribution in [0.4, 0.5) is 5.69 Å². The van der Waals surface area contributed by atoms with E-state index in [1.807, 2.05) is 38.2 Å². The van der Waals surface area contributed by atoms with Crippen LogP contribution < -0.4 is 5.32 Å². The van der Waals surface area contributed by atoms with Crippen LogP contribution >= 0.6 is 11.6 Å². The Kier molecular flexibility index (Phi) is 3.56. The molecule has 0 aliphatic rings. The zero-order valence-electron chi connectivity index (χ0n) is 12.4. The van der Waals surface area contributed by atoms with Crippen molar-refractivity contribution in [3.63, 3.8) is 0 Å². The van der Waals surface area contributed by atoms with Crippen molar-refractivity contribution in [1.29, 1.82) is 0 Å². The van der Waals surface area contributed by atoms with Gasteiger partial charge in [-0.3, -0.25) is 0 Å². The Hall–Kier alpha value is -2.06. The fraction of sp³-hybridized carbons (Fsp3) is 0.167. The van der Waals surface area contributed by atoms with Gasteiger partial charge < -0.3 is 5.32 Å². The summed E-state index contributed by atoms with van der Waals surface area (Å²) in [6, 6.07) is 14.3. The molecule has 1 heterocycles. The minimum atomic E-state index is 0.750. The molecule has 0 bridgehead atoms. The number of nitrogens with one attached hydrogen (secondary N) is 1. The molecule has 0 saturated carbocycles. The average Bonchev–Trinajstić information content (AvgIpc) is 2.50. The van der Waals surface area contributed by atoms with E-state index in [-0.39, 0.29) is 0 Å². The first-order valence-electron chi connectivity index (χ1n) is 6.95. The van der Waals surface area contributed by atoms with Gasteiger partial charge in [0, 0.05) is 28.7 Å². The molecule has 0 aliphatic heterocycles. The van der Waals surface area contributed by atoms with E-state index in [9.17, 15) is 0 Å². The Labute approximate surface area is 129 Å². The molecular formula is C18H17ClN2. The number of halogens is 1. The first kappa shape index (κ1) is 13.9. The molecule has 3 rings (SSSR count). The molecule has 0 radical (unpaired) electrons. The van der Waals surface area contributed by atoms with E-state index in [0.29, 0.717) is 0 Å². The standard InChI is InChI=1S/C18H17ClN2/c1-11-9-14-16(10-15(11)19)21-17(12(2)18(14)20-3)13-7-5-4-6-8-13/h4-10H,1-3H3,(H,20,21). The summed E-state index contributed by atoms with van der Waals surface area (Å²) in [6.07, 6.45) is 0. The third-order valence-electron chi connectivity index (χ3n) is 3.81. The summed E-state index contributed by atoms with van der Waals surface area (Å²) in [5.41, 5.74) is 6.35. The van der Waals surface area contributed by atoms with Gasteiger partial charge in [0.15, 0.2) is 0 Å². The van der Waals surface area contributed by atoms with E-state index in [0.717, 1.165) is 44.0 Å². The molecule has 0 aliphatic carbocycles. The Morgan fingerprint density at radius 3 is 2.43 bits per heavy atom. The summed E-state index contributed by atoms with van der Waals surface area (Å²) in [4.78, 5) is 4.83. The van der Waals surface area contributed by atoms with E-state index in [1.54, 1.807) is 0 Å². The lowest BCUT2D eigenvalue weighted by Crippen LogP contribution is -1.99.